The highest BCUT2D eigenvalue weighted by atomic mass is 35.5. The van der Waals surface area contributed by atoms with Gasteiger partial charge in [-0.15, -0.1) is 0 Å². The second-order valence-corrected chi connectivity index (χ2v) is 6.89. The highest BCUT2D eigenvalue weighted by Gasteiger charge is 2.21. The van der Waals surface area contributed by atoms with Gasteiger partial charge in [0.25, 0.3) is 0 Å². The first-order chi connectivity index (χ1) is 10.8. The lowest BCUT2D eigenvalue weighted by Gasteiger charge is -2.19. The van der Waals surface area contributed by atoms with E-state index in [1.54, 1.807) is 0 Å². The molecule has 0 fully saturated rings. The van der Waals surface area contributed by atoms with Crippen molar-refractivity contribution in [3.05, 3.63) is 34.9 Å². The van der Waals surface area contributed by atoms with Gasteiger partial charge in [0.2, 0.25) is 11.8 Å². The molecule has 128 valence electrons. The van der Waals surface area contributed by atoms with Gasteiger partial charge in [-0.05, 0) is 58.2 Å². The van der Waals surface area contributed by atoms with Crippen molar-refractivity contribution >= 4 is 23.4 Å². The molecule has 1 atom stereocenters. The highest BCUT2D eigenvalue weighted by Crippen LogP contribution is 2.17. The molecule has 0 saturated heterocycles. The summed E-state index contributed by atoms with van der Waals surface area (Å²) in [6.07, 6.45) is 1.48. The minimum atomic E-state index is -0.225. The number of hydrogen-bond acceptors (Lipinski definition) is 2. The van der Waals surface area contributed by atoms with Crippen molar-refractivity contribution in [1.29, 1.82) is 0 Å². The number of nitrogens with one attached hydrogen (secondary N) is 2. The molecule has 5 heteroatoms. The minimum absolute atomic E-state index is 0.00713. The molecule has 4 nitrogen and oxygen atoms in total. The topological polar surface area (TPSA) is 58.2 Å². The second-order valence-electron chi connectivity index (χ2n) is 6.45. The van der Waals surface area contributed by atoms with Gasteiger partial charge in [-0.2, -0.15) is 0 Å². The van der Waals surface area contributed by atoms with Crippen molar-refractivity contribution in [3.63, 3.8) is 0 Å². The number of amides is 2. The summed E-state index contributed by atoms with van der Waals surface area (Å²) in [5.74, 6) is -0.248. The fraction of sp³-hybridized carbons (Fsp3) is 0.556. The Morgan fingerprint density at radius 1 is 1.00 bits per heavy atom. The predicted molar refractivity (Wildman–Crippen MR) is 94.4 cm³/mol. The molecule has 1 aromatic carbocycles. The Balaban J connectivity index is 2.70. The van der Waals surface area contributed by atoms with Gasteiger partial charge < -0.3 is 10.6 Å². The molecule has 0 radical (unpaired) electrons. The van der Waals surface area contributed by atoms with E-state index >= 15 is 0 Å². The van der Waals surface area contributed by atoms with E-state index in [1.807, 2.05) is 52.0 Å². The van der Waals surface area contributed by atoms with E-state index in [2.05, 4.69) is 10.6 Å². The highest BCUT2D eigenvalue weighted by molar-refractivity contribution is 6.30. The molecule has 0 aliphatic carbocycles. The summed E-state index contributed by atoms with van der Waals surface area (Å²) in [6, 6.07) is 7.68. The summed E-state index contributed by atoms with van der Waals surface area (Å²) in [6.45, 7) is 7.72. The average Bonchev–Trinajstić information content (AvgIpc) is 2.43. The zero-order valence-electron chi connectivity index (χ0n) is 14.4. The quantitative estimate of drug-likeness (QED) is 0.763. The molecule has 0 aromatic heterocycles. The zero-order valence-corrected chi connectivity index (χ0v) is 15.1. The zero-order chi connectivity index (χ0) is 17.4. The molecule has 0 spiro atoms. The molecule has 0 saturated carbocycles. The maximum Gasteiger partial charge on any atom is 0.223 e. The number of carbonyl (C=O) groups excluding carboxylic acids is 2. The Morgan fingerprint density at radius 3 is 2.09 bits per heavy atom. The van der Waals surface area contributed by atoms with Gasteiger partial charge in [0.15, 0.2) is 0 Å². The number of rotatable bonds is 8. The van der Waals surface area contributed by atoms with Crippen LogP contribution in [-0.2, 0) is 16.0 Å². The van der Waals surface area contributed by atoms with Crippen molar-refractivity contribution in [1.82, 2.24) is 10.6 Å². The lowest BCUT2D eigenvalue weighted by molar-refractivity contribution is -0.126. The van der Waals surface area contributed by atoms with E-state index < -0.39 is 0 Å². The van der Waals surface area contributed by atoms with Crippen LogP contribution in [0.15, 0.2) is 24.3 Å². The van der Waals surface area contributed by atoms with Crippen LogP contribution in [0.2, 0.25) is 5.02 Å². The molecule has 1 aromatic rings. The van der Waals surface area contributed by atoms with E-state index in [0.717, 1.165) is 5.56 Å². The Hall–Kier alpha value is -1.55. The Labute approximate surface area is 144 Å². The molecule has 23 heavy (non-hydrogen) atoms. The van der Waals surface area contributed by atoms with E-state index in [9.17, 15) is 9.59 Å². The predicted octanol–water partition coefficient (Wildman–Crippen LogP) is 3.33. The maximum absolute atomic E-state index is 12.4. The lowest BCUT2D eigenvalue weighted by Crippen LogP contribution is -2.37. The summed E-state index contributed by atoms with van der Waals surface area (Å²) < 4.78 is 0. The number of carbonyl (C=O) groups is 2. The molecule has 0 heterocycles. The third-order valence-corrected chi connectivity index (χ3v) is 3.62. The van der Waals surface area contributed by atoms with E-state index in [1.165, 1.54) is 0 Å². The smallest absolute Gasteiger partial charge is 0.223 e. The summed E-state index contributed by atoms with van der Waals surface area (Å²) in [7, 11) is 0. The van der Waals surface area contributed by atoms with Crippen LogP contribution in [0.25, 0.3) is 0 Å². The Kier molecular flexibility index (Phi) is 8.10. The van der Waals surface area contributed by atoms with Crippen LogP contribution < -0.4 is 10.6 Å². The van der Waals surface area contributed by atoms with Gasteiger partial charge in [-0.25, -0.2) is 0 Å². The minimum Gasteiger partial charge on any atom is -0.354 e. The van der Waals surface area contributed by atoms with Crippen LogP contribution >= 0.6 is 11.6 Å². The van der Waals surface area contributed by atoms with Gasteiger partial charge in [-0.1, -0.05) is 23.7 Å². The molecular formula is C18H27ClN2O2. The summed E-state index contributed by atoms with van der Waals surface area (Å²) >= 11 is 5.90. The van der Waals surface area contributed by atoms with E-state index in [0.29, 0.717) is 24.3 Å². The van der Waals surface area contributed by atoms with Crippen LogP contribution in [0.5, 0.6) is 0 Å². The average molecular weight is 339 g/mol. The van der Waals surface area contributed by atoms with Crippen molar-refractivity contribution in [3.8, 4) is 0 Å². The van der Waals surface area contributed by atoms with Crippen molar-refractivity contribution in [2.45, 2.75) is 59.0 Å². The van der Waals surface area contributed by atoms with Gasteiger partial charge in [0, 0.05) is 29.4 Å². The molecule has 2 N–H and O–H groups in total. The molecule has 0 unspecified atom stereocenters. The fourth-order valence-corrected chi connectivity index (χ4v) is 2.46. The molecule has 0 aliphatic rings. The van der Waals surface area contributed by atoms with Gasteiger partial charge >= 0.3 is 0 Å². The molecule has 1 rings (SSSR count). The molecule has 2 amide bonds. The third-order valence-electron chi connectivity index (χ3n) is 3.37. The standard InChI is InChI=1S/C18H27ClN2O2/c1-12(2)20-17(22)10-7-15(18(23)21-13(3)4)11-14-5-8-16(19)9-6-14/h5-6,8-9,12-13,15H,7,10-11H2,1-4H3,(H,20,22)(H,21,23)/t15-/m0/s1. The first-order valence-corrected chi connectivity index (χ1v) is 8.50. The van der Waals surface area contributed by atoms with E-state index in [4.69, 9.17) is 11.6 Å². The number of hydrogen-bond donors (Lipinski definition) is 2. The summed E-state index contributed by atoms with van der Waals surface area (Å²) in [4.78, 5) is 24.2. The normalized spacial score (nSPS) is 12.3. The van der Waals surface area contributed by atoms with Crippen molar-refractivity contribution < 1.29 is 9.59 Å². The first kappa shape index (κ1) is 19.5. The third kappa shape index (κ3) is 8.03. The van der Waals surface area contributed by atoms with Gasteiger partial charge in [0.05, 0.1) is 0 Å². The van der Waals surface area contributed by atoms with Crippen LogP contribution in [-0.4, -0.2) is 23.9 Å². The molecule has 0 aliphatic heterocycles. The lowest BCUT2D eigenvalue weighted by atomic mass is 9.93. The first-order valence-electron chi connectivity index (χ1n) is 8.12. The van der Waals surface area contributed by atoms with Crippen LogP contribution in [0.3, 0.4) is 0 Å². The van der Waals surface area contributed by atoms with Crippen molar-refractivity contribution in [2.24, 2.45) is 5.92 Å². The van der Waals surface area contributed by atoms with Gasteiger partial charge in [0.1, 0.15) is 0 Å². The monoisotopic (exact) mass is 338 g/mol. The van der Waals surface area contributed by atoms with Crippen LogP contribution in [0, 0.1) is 5.92 Å². The fourth-order valence-electron chi connectivity index (χ4n) is 2.33. The van der Waals surface area contributed by atoms with Crippen LogP contribution in [0.1, 0.15) is 46.1 Å². The number of halogens is 1. The van der Waals surface area contributed by atoms with Crippen molar-refractivity contribution in [2.75, 3.05) is 0 Å². The Morgan fingerprint density at radius 2 is 1.57 bits per heavy atom. The largest absolute Gasteiger partial charge is 0.354 e. The number of benzene rings is 1. The van der Waals surface area contributed by atoms with Gasteiger partial charge in [-0.3, -0.25) is 9.59 Å². The summed E-state index contributed by atoms with van der Waals surface area (Å²) in [5.41, 5.74) is 1.04. The van der Waals surface area contributed by atoms with E-state index in [-0.39, 0.29) is 29.8 Å². The SMILES string of the molecule is CC(C)NC(=O)CC[C@@H](Cc1ccc(Cl)cc1)C(=O)NC(C)C. The maximum atomic E-state index is 12.4. The Bertz CT molecular complexity index is 512. The molecular weight excluding hydrogens is 312 g/mol. The second kappa shape index (κ2) is 9.56. The van der Waals surface area contributed by atoms with Crippen LogP contribution in [0.4, 0.5) is 0 Å². The molecule has 0 bridgehead atoms. The summed E-state index contributed by atoms with van der Waals surface area (Å²) in [5, 5.41) is 6.48.